The van der Waals surface area contributed by atoms with E-state index in [2.05, 4.69) is 0 Å². The van der Waals surface area contributed by atoms with Gasteiger partial charge in [-0.3, -0.25) is 76.7 Å². The largest absolute Gasteiger partial charge is 0.469 e. The van der Waals surface area contributed by atoms with Crippen molar-refractivity contribution >= 4 is 95.5 Å². The van der Waals surface area contributed by atoms with Gasteiger partial charge in [0.2, 0.25) is 0 Å². The molecule has 0 aromatic rings. The maximum absolute atomic E-state index is 12.2. The molecule has 9 heterocycles. The summed E-state index contributed by atoms with van der Waals surface area (Å²) < 4.78 is 91.7. The van der Waals surface area contributed by atoms with Crippen LogP contribution < -0.4 is 0 Å². The Morgan fingerprint density at radius 1 is 0.313 bits per heavy atom. The summed E-state index contributed by atoms with van der Waals surface area (Å²) in [6.07, 6.45) is 11.2. The standard InChI is InChI=1S/C16H22O6.C15H20O6.2C15H22O4.C14H20O4.C13H20O4.C12H16O5.14CH4/c1-4-7(3)14(17)21-12-8-6-9-11(16(19)22-13(9)12)10(8)15(18)20-5-2;1-4-6(2)13(16)20-11-7-5-8-10(9(7)14(17)19-3)15(18)21-12(8)11;1-4-15(2,3)14(17)19-11-6-8-5-9(11)10-7-18-13(16)12(8)10;1-4-15(2,3)14(17)19-11-6-8-5-9(11)12-10(8)7-18-13(12)16;1-4-14(2,3)13(16)18-10-7-5-8-9(6-7)12(15)17-11(8)10;1-4-13(2,3)12(15)17-9-6-5-8-7-10(9)16-11(8)14;1-3-5(2)11(13)16-9-7-4-6-8(15-7)10(9)17-12(6)14;;;;;;;;;;;;;;/h7-13H,4-6H2,1-3H3;6-12H,4-5H2,1-3H3;2*8-12H,4-7H2,1-3H3;7-11H,4-6H2,1-3H3;8-10H,4-7H2,1-3H3;5-10H,3-4H2,1-2H3;14*1H4. The second kappa shape index (κ2) is 54.6. The van der Waals surface area contributed by atoms with Crippen molar-refractivity contribution in [1.29, 1.82) is 0 Å². The fraction of sp³-hybridized carbons (Fsp3) is 0.860. The molecule has 33 nitrogen and oxygen atoms in total. The van der Waals surface area contributed by atoms with E-state index in [4.69, 9.17) is 80.5 Å². The molecule has 0 amide bonds. The number of carbonyl (C=O) groups excluding carboxylic acids is 16. The Morgan fingerprint density at radius 3 is 1.17 bits per heavy atom. The first kappa shape index (κ1) is 138. The minimum absolute atomic E-state index is 0. The molecule has 0 radical (unpaired) electrons. The van der Waals surface area contributed by atoms with Gasteiger partial charge in [0, 0.05) is 65.6 Å². The van der Waals surface area contributed by atoms with Gasteiger partial charge in [0.15, 0.2) is 12.2 Å². The molecule has 0 spiro atoms. The van der Waals surface area contributed by atoms with Gasteiger partial charge in [0.1, 0.15) is 67.1 Å². The Balaban J connectivity index is 0.00000167. The highest BCUT2D eigenvalue weighted by atomic mass is 16.7. The SMILES string of the molecule is C.C.C.C.C.C.C.C.C.C.C.C.C.C.CCC(C)(C)C(=O)OC1C2CC3C(=O)OC1C3C2.CCC(C)(C)C(=O)OC1CC2CC1C1C(=O)OCC21.CCC(C)(C)C(=O)OC1CC2CC1C1COC(=O)C21.CCC(C)(C)C(=O)OC1CCC2CC1OC2=O.CCC(C)C(=O)OC1C2CC3C(=O)OC1C3O2.CCC(C)C(=O)OC1C2CC3C1OC(=O)C3C2C(=O)OC.CCOC(=O)C1C2CC3C(OC(=O)C31)C2OC(=O)C(C)CC. The average molecular weight is 2100 g/mol. The number of fused-ring (bicyclic) bond motifs is 16. The van der Waals surface area contributed by atoms with Crippen molar-refractivity contribution in [2.24, 2.45) is 164 Å². The molecule has 11 saturated carbocycles. The molecule has 0 N–H and O–H groups in total. The molecule has 33 heteroatoms. The Labute approximate surface area is 881 Å². The zero-order valence-electron chi connectivity index (χ0n) is 81.0. The molecular weight excluding hydrogens is 1900 g/mol. The van der Waals surface area contributed by atoms with Crippen LogP contribution in [0.5, 0.6) is 0 Å². The summed E-state index contributed by atoms with van der Waals surface area (Å²) >= 11 is 0. The van der Waals surface area contributed by atoms with Crippen LogP contribution in [-0.2, 0) is 157 Å². The van der Waals surface area contributed by atoms with Crippen LogP contribution in [0.15, 0.2) is 0 Å². The van der Waals surface area contributed by atoms with Gasteiger partial charge in [-0.1, -0.05) is 173 Å². The van der Waals surface area contributed by atoms with Crippen molar-refractivity contribution in [2.45, 2.75) is 443 Å². The third-order valence-corrected chi connectivity index (χ3v) is 34.8. The van der Waals surface area contributed by atoms with Crippen LogP contribution in [0.25, 0.3) is 0 Å². The zero-order chi connectivity index (χ0) is 96.8. The molecule has 9 saturated heterocycles. The monoisotopic (exact) mass is 2100 g/mol. The average Bonchev–Trinajstić information content (AvgIpc) is 1.54. The number of cyclic esters (lactones) is 2. The smallest absolute Gasteiger partial charge is 0.312 e. The summed E-state index contributed by atoms with van der Waals surface area (Å²) in [4.78, 5) is 190. The summed E-state index contributed by atoms with van der Waals surface area (Å²) in [7, 11) is 1.31. The van der Waals surface area contributed by atoms with E-state index in [0.29, 0.717) is 87.2 Å². The van der Waals surface area contributed by atoms with Crippen molar-refractivity contribution in [3.8, 4) is 0 Å². The Hall–Kier alpha value is -8.52. The number of esters is 16. The molecule has 0 aromatic carbocycles. The van der Waals surface area contributed by atoms with Crippen LogP contribution >= 0.6 is 0 Å². The lowest BCUT2D eigenvalue weighted by molar-refractivity contribution is -0.170. The highest BCUT2D eigenvalue weighted by Crippen LogP contribution is 2.63. The highest BCUT2D eigenvalue weighted by Gasteiger charge is 2.73. The topological polar surface area (TPSA) is 430 Å². The third kappa shape index (κ3) is 26.3. The maximum atomic E-state index is 12.2. The first-order chi connectivity index (χ1) is 62.8. The van der Waals surface area contributed by atoms with Gasteiger partial charge >= 0.3 is 95.5 Å². The van der Waals surface area contributed by atoms with Gasteiger partial charge in [-0.2, -0.15) is 0 Å². The predicted octanol–water partition coefficient (Wildman–Crippen LogP) is 20.1. The van der Waals surface area contributed by atoms with E-state index in [1.807, 2.05) is 118 Å². The summed E-state index contributed by atoms with van der Waals surface area (Å²) in [5.41, 5.74) is -1.76. The molecule has 147 heavy (non-hydrogen) atoms. The molecule has 20 rings (SSSR count). The number of rotatable bonds is 24. The number of ether oxygens (including phenoxy) is 17. The van der Waals surface area contributed by atoms with Crippen LogP contribution in [0, 0.1) is 164 Å². The fourth-order valence-electron chi connectivity index (χ4n) is 24.4. The minimum atomic E-state index is -0.541. The second-order valence-electron chi connectivity index (χ2n) is 43.8. The fourth-order valence-corrected chi connectivity index (χ4v) is 24.4. The van der Waals surface area contributed by atoms with E-state index in [1.165, 1.54) is 7.11 Å². The van der Waals surface area contributed by atoms with E-state index in [-0.39, 0.29) is 350 Å². The number of methoxy groups -OCH3 is 1. The van der Waals surface area contributed by atoms with Crippen molar-refractivity contribution in [1.82, 2.24) is 0 Å². The number of carbonyl (C=O) groups is 16. The molecule has 0 aromatic heterocycles. The first-order valence-corrected chi connectivity index (χ1v) is 49.6. The van der Waals surface area contributed by atoms with Gasteiger partial charge in [0.05, 0.1) is 126 Å². The summed E-state index contributed by atoms with van der Waals surface area (Å²) in [5, 5.41) is 0. The van der Waals surface area contributed by atoms with Crippen LogP contribution in [0.4, 0.5) is 0 Å². The lowest BCUT2D eigenvalue weighted by Crippen LogP contribution is -2.44. The summed E-state index contributed by atoms with van der Waals surface area (Å²) in [6, 6.07) is 0. The maximum Gasteiger partial charge on any atom is 0.312 e. The van der Waals surface area contributed by atoms with Crippen LogP contribution in [0.3, 0.4) is 0 Å². The lowest BCUT2D eigenvalue weighted by atomic mass is 9.78. The van der Waals surface area contributed by atoms with Crippen molar-refractivity contribution in [2.75, 3.05) is 26.9 Å². The Bertz CT molecular complexity index is 4450. The lowest BCUT2D eigenvalue weighted by Gasteiger charge is -2.31. The van der Waals surface area contributed by atoms with Crippen molar-refractivity contribution in [3.63, 3.8) is 0 Å². The molecule has 38 unspecified atom stereocenters. The Kier molecular flexibility index (Phi) is 51.5. The van der Waals surface area contributed by atoms with Crippen molar-refractivity contribution in [3.05, 3.63) is 0 Å². The van der Waals surface area contributed by atoms with E-state index in [9.17, 15) is 76.7 Å². The number of hydrogen-bond donors (Lipinski definition) is 0. The van der Waals surface area contributed by atoms with Gasteiger partial charge < -0.3 is 80.5 Å². The predicted molar refractivity (Wildman–Crippen MR) is 555 cm³/mol. The molecule has 11 aliphatic carbocycles. The molecule has 38 atom stereocenters. The quantitative estimate of drug-likeness (QED) is 0.0639. The molecule has 14 bridgehead atoms. The highest BCUT2D eigenvalue weighted by molar-refractivity contribution is 5.88. The van der Waals surface area contributed by atoms with Gasteiger partial charge in [-0.25, -0.2) is 0 Å². The summed E-state index contributed by atoms with van der Waals surface area (Å²) in [5.74, 6) is -3.50. The van der Waals surface area contributed by atoms with Gasteiger partial charge in [0.25, 0.3) is 0 Å². The van der Waals surface area contributed by atoms with E-state index < -0.39 is 69.6 Å². The second-order valence-corrected chi connectivity index (χ2v) is 43.8. The van der Waals surface area contributed by atoms with Crippen LogP contribution in [0.1, 0.15) is 358 Å². The molecule has 20 fully saturated rings. The summed E-state index contributed by atoms with van der Waals surface area (Å²) in [6.45, 7) is 37.5. The third-order valence-electron chi connectivity index (χ3n) is 34.8. The first-order valence-electron chi connectivity index (χ1n) is 49.6. The van der Waals surface area contributed by atoms with Crippen LogP contribution in [0.2, 0.25) is 0 Å². The Morgan fingerprint density at radius 2 is 0.707 bits per heavy atom. The van der Waals surface area contributed by atoms with Crippen molar-refractivity contribution < 1.29 is 157 Å². The van der Waals surface area contributed by atoms with Crippen LogP contribution in [-0.4, -0.2) is 208 Å². The minimum Gasteiger partial charge on any atom is -0.469 e. The van der Waals surface area contributed by atoms with E-state index in [1.54, 1.807) is 13.8 Å². The zero-order valence-corrected chi connectivity index (χ0v) is 81.0. The molecule has 9 aliphatic heterocycles. The molecule has 20 aliphatic rings. The van der Waals surface area contributed by atoms with E-state index >= 15 is 0 Å². The van der Waals surface area contributed by atoms with E-state index in [0.717, 1.165) is 83.5 Å². The number of hydrogen-bond acceptors (Lipinski definition) is 33. The van der Waals surface area contributed by atoms with Gasteiger partial charge in [-0.15, -0.1) is 0 Å². The normalized spacial score (nSPS) is 35.9. The van der Waals surface area contributed by atoms with Gasteiger partial charge in [-0.05, 0) is 190 Å². The molecule has 852 valence electrons. The molecular formula is C114H198O33.